The van der Waals surface area contributed by atoms with Crippen molar-refractivity contribution in [1.29, 1.82) is 0 Å². The molecule has 2 rings (SSSR count). The van der Waals surface area contributed by atoms with Crippen molar-refractivity contribution in [2.24, 2.45) is 0 Å². The van der Waals surface area contributed by atoms with Gasteiger partial charge >= 0.3 is 0 Å². The van der Waals surface area contributed by atoms with Crippen LogP contribution in [0.2, 0.25) is 0 Å². The Hall–Kier alpha value is -0.670. The van der Waals surface area contributed by atoms with Crippen molar-refractivity contribution in [3.05, 3.63) is 34.3 Å². The Balaban J connectivity index is 1.82. The molecule has 0 amide bonds. The fourth-order valence-electron chi connectivity index (χ4n) is 2.25. The van der Waals surface area contributed by atoms with Crippen LogP contribution in [0.5, 0.6) is 0 Å². The van der Waals surface area contributed by atoms with Gasteiger partial charge in [0.2, 0.25) is 0 Å². The van der Waals surface area contributed by atoms with Crippen LogP contribution in [0.3, 0.4) is 0 Å². The molecule has 0 spiro atoms. The van der Waals surface area contributed by atoms with Crippen molar-refractivity contribution in [3.8, 4) is 0 Å². The first kappa shape index (κ1) is 12.8. The number of hydrogen-bond donors (Lipinski definition) is 0. The number of ketones is 1. The predicted molar refractivity (Wildman–Crippen MR) is 73.1 cm³/mol. The highest BCUT2D eigenvalue weighted by Crippen LogP contribution is 2.12. The third-order valence-electron chi connectivity index (χ3n) is 3.16. The predicted octanol–water partition coefficient (Wildman–Crippen LogP) is 3.05. The molecule has 1 fully saturated rings. The average molecular weight is 296 g/mol. The summed E-state index contributed by atoms with van der Waals surface area (Å²) in [5, 5.41) is 0. The third-order valence-corrected chi connectivity index (χ3v) is 3.69. The van der Waals surface area contributed by atoms with Gasteiger partial charge in [0.15, 0.2) is 5.78 Å². The minimum absolute atomic E-state index is 0.328. The second-order valence-corrected chi connectivity index (χ2v) is 5.59. The normalized spacial score (nSPS) is 17.0. The molecule has 0 radical (unpaired) electrons. The monoisotopic (exact) mass is 295 g/mol. The van der Waals surface area contributed by atoms with Crippen LogP contribution in [0, 0.1) is 0 Å². The van der Waals surface area contributed by atoms with Crippen molar-refractivity contribution in [3.63, 3.8) is 0 Å². The molecule has 0 bridgehead atoms. The van der Waals surface area contributed by atoms with Crippen LogP contribution in [-0.2, 0) is 11.2 Å². The smallest absolute Gasteiger partial charge is 0.151 e. The number of likely N-dealkylation sites (tertiary alicyclic amines) is 1. The molecule has 17 heavy (non-hydrogen) atoms. The summed E-state index contributed by atoms with van der Waals surface area (Å²) in [5.41, 5.74) is 1.11. The van der Waals surface area contributed by atoms with Crippen molar-refractivity contribution in [2.45, 2.75) is 25.7 Å². The summed E-state index contributed by atoms with van der Waals surface area (Å²) in [4.78, 5) is 14.2. The molecule has 92 valence electrons. The third kappa shape index (κ3) is 4.25. The first-order chi connectivity index (χ1) is 8.24. The molecule has 0 atom stereocenters. The van der Waals surface area contributed by atoms with Crippen LogP contribution in [0.25, 0.3) is 0 Å². The lowest BCUT2D eigenvalue weighted by Crippen LogP contribution is -2.35. The summed E-state index contributed by atoms with van der Waals surface area (Å²) in [6, 6.07) is 8.00. The fourth-order valence-corrected chi connectivity index (χ4v) is 2.52. The first-order valence-corrected chi connectivity index (χ1v) is 7.02. The Morgan fingerprint density at radius 2 is 1.76 bits per heavy atom. The first-order valence-electron chi connectivity index (χ1n) is 6.22. The highest BCUT2D eigenvalue weighted by Gasteiger charge is 2.13. The molecule has 0 unspecified atom stereocenters. The molecule has 1 aliphatic rings. The van der Waals surface area contributed by atoms with Gasteiger partial charge in [-0.25, -0.2) is 0 Å². The van der Waals surface area contributed by atoms with Crippen LogP contribution < -0.4 is 0 Å². The number of hydrogen-bond acceptors (Lipinski definition) is 2. The van der Waals surface area contributed by atoms with Gasteiger partial charge in [-0.05, 0) is 43.6 Å². The van der Waals surface area contributed by atoms with E-state index in [1.165, 1.54) is 19.3 Å². The molecular formula is C14H18BrNO. The van der Waals surface area contributed by atoms with Gasteiger partial charge in [-0.15, -0.1) is 0 Å². The van der Waals surface area contributed by atoms with Gasteiger partial charge in [0.1, 0.15) is 0 Å². The van der Waals surface area contributed by atoms with Gasteiger partial charge in [-0.2, -0.15) is 0 Å². The fraction of sp³-hybridized carbons (Fsp3) is 0.500. The number of Topliss-reactive ketones (excluding diaryl/α,β-unsaturated/α-hetero) is 1. The number of piperidine rings is 1. The lowest BCUT2D eigenvalue weighted by molar-refractivity contribution is -0.119. The largest absolute Gasteiger partial charge is 0.298 e. The second-order valence-electron chi connectivity index (χ2n) is 4.68. The molecule has 0 aliphatic carbocycles. The number of carbonyl (C=O) groups excluding carboxylic acids is 1. The van der Waals surface area contributed by atoms with Gasteiger partial charge in [-0.1, -0.05) is 34.5 Å². The SMILES string of the molecule is O=C(Cc1ccc(Br)cc1)CN1CCCCC1. The highest BCUT2D eigenvalue weighted by atomic mass is 79.9. The zero-order valence-electron chi connectivity index (χ0n) is 9.99. The van der Waals surface area contributed by atoms with E-state index >= 15 is 0 Å². The maximum atomic E-state index is 11.9. The molecule has 1 aromatic rings. The maximum Gasteiger partial charge on any atom is 0.151 e. The molecule has 3 heteroatoms. The number of rotatable bonds is 4. The standard InChI is InChI=1S/C14H18BrNO/c15-13-6-4-12(5-7-13)10-14(17)11-16-8-2-1-3-9-16/h4-7H,1-3,8-11H2. The molecule has 0 aromatic heterocycles. The van der Waals surface area contributed by atoms with Gasteiger partial charge < -0.3 is 0 Å². The maximum absolute atomic E-state index is 11.9. The molecule has 1 aromatic carbocycles. The molecule has 1 heterocycles. The topological polar surface area (TPSA) is 20.3 Å². The van der Waals surface area contributed by atoms with E-state index in [4.69, 9.17) is 0 Å². The molecule has 0 N–H and O–H groups in total. The molecule has 0 saturated carbocycles. The van der Waals surface area contributed by atoms with E-state index in [1.54, 1.807) is 0 Å². The zero-order chi connectivity index (χ0) is 12.1. The number of carbonyl (C=O) groups is 1. The van der Waals surface area contributed by atoms with Gasteiger partial charge in [0.05, 0.1) is 6.54 Å². The Kier molecular flexibility index (Phi) is 4.75. The van der Waals surface area contributed by atoms with E-state index in [1.807, 2.05) is 24.3 Å². The molecule has 1 aliphatic heterocycles. The zero-order valence-corrected chi connectivity index (χ0v) is 11.6. The van der Waals surface area contributed by atoms with E-state index in [2.05, 4.69) is 20.8 Å². The summed E-state index contributed by atoms with van der Waals surface area (Å²) in [5.74, 6) is 0.328. The number of nitrogens with zero attached hydrogens (tertiary/aromatic N) is 1. The Morgan fingerprint density at radius 1 is 1.12 bits per heavy atom. The van der Waals surface area contributed by atoms with Gasteiger partial charge in [0, 0.05) is 10.9 Å². The van der Waals surface area contributed by atoms with Gasteiger partial charge in [-0.3, -0.25) is 9.69 Å². The Bertz CT molecular complexity index is 368. The quantitative estimate of drug-likeness (QED) is 0.851. The van der Waals surface area contributed by atoms with Crippen LogP contribution in [0.4, 0.5) is 0 Å². The van der Waals surface area contributed by atoms with Crippen molar-refractivity contribution in [1.82, 2.24) is 4.90 Å². The Morgan fingerprint density at radius 3 is 2.41 bits per heavy atom. The molecule has 2 nitrogen and oxygen atoms in total. The van der Waals surface area contributed by atoms with Crippen molar-refractivity contribution in [2.75, 3.05) is 19.6 Å². The summed E-state index contributed by atoms with van der Waals surface area (Å²) < 4.78 is 1.06. The van der Waals surface area contributed by atoms with Crippen molar-refractivity contribution < 1.29 is 4.79 Å². The average Bonchev–Trinajstić information content (AvgIpc) is 2.33. The van der Waals surface area contributed by atoms with Gasteiger partial charge in [0.25, 0.3) is 0 Å². The van der Waals surface area contributed by atoms with Crippen LogP contribution in [0.1, 0.15) is 24.8 Å². The lowest BCUT2D eigenvalue weighted by Gasteiger charge is -2.25. The summed E-state index contributed by atoms with van der Waals surface area (Å²) in [6.45, 7) is 2.80. The highest BCUT2D eigenvalue weighted by molar-refractivity contribution is 9.10. The number of benzene rings is 1. The van der Waals surface area contributed by atoms with E-state index in [0.29, 0.717) is 18.7 Å². The van der Waals surface area contributed by atoms with Crippen molar-refractivity contribution >= 4 is 21.7 Å². The summed E-state index contributed by atoms with van der Waals surface area (Å²) in [7, 11) is 0. The van der Waals surface area contributed by atoms with Crippen LogP contribution >= 0.6 is 15.9 Å². The summed E-state index contributed by atoms with van der Waals surface area (Å²) >= 11 is 3.40. The Labute approximate surface area is 111 Å². The van der Waals surface area contributed by atoms with E-state index in [9.17, 15) is 4.79 Å². The molecule has 1 saturated heterocycles. The van der Waals surface area contributed by atoms with Crippen LogP contribution in [-0.4, -0.2) is 30.3 Å². The lowest BCUT2D eigenvalue weighted by atomic mass is 10.1. The minimum Gasteiger partial charge on any atom is -0.298 e. The summed E-state index contributed by atoms with van der Waals surface area (Å²) in [6.07, 6.45) is 4.36. The number of halogens is 1. The van der Waals surface area contributed by atoms with E-state index in [0.717, 1.165) is 23.1 Å². The minimum atomic E-state index is 0.328. The molecular weight excluding hydrogens is 278 g/mol. The van der Waals surface area contributed by atoms with E-state index in [-0.39, 0.29) is 0 Å². The van der Waals surface area contributed by atoms with E-state index < -0.39 is 0 Å². The van der Waals surface area contributed by atoms with Crippen LogP contribution in [0.15, 0.2) is 28.7 Å². The second kappa shape index (κ2) is 6.31.